The average Bonchev–Trinajstić information content (AvgIpc) is 2.56. The molecule has 138 valence electrons. The van der Waals surface area contributed by atoms with Crippen LogP contribution in [0, 0.1) is 13.8 Å². The average molecular weight is 350 g/mol. The van der Waals surface area contributed by atoms with Crippen molar-refractivity contribution in [2.45, 2.75) is 27.2 Å². The Bertz CT molecular complexity index is 615. The van der Waals surface area contributed by atoms with Gasteiger partial charge in [-0.25, -0.2) is 4.79 Å². The summed E-state index contributed by atoms with van der Waals surface area (Å²) in [5, 5.41) is 2.67. The Morgan fingerprint density at radius 2 is 1.88 bits per heavy atom. The Kier molecular flexibility index (Phi) is 8.46. The van der Waals surface area contributed by atoms with Gasteiger partial charge in [-0.3, -0.25) is 9.59 Å². The number of hydrogen-bond donors (Lipinski definition) is 1. The van der Waals surface area contributed by atoms with Gasteiger partial charge in [-0.05, 0) is 31.9 Å². The SMILES string of the molecule is CCCNC(=O)CN(C)C(=O)COC(=O)COc1ccc(C)cc1C. The van der Waals surface area contributed by atoms with Crippen LogP contribution in [0.4, 0.5) is 0 Å². The number of ether oxygens (including phenoxy) is 2. The molecular weight excluding hydrogens is 324 g/mol. The van der Waals surface area contributed by atoms with Crippen LogP contribution in [0.2, 0.25) is 0 Å². The molecule has 0 bridgehead atoms. The highest BCUT2D eigenvalue weighted by atomic mass is 16.6. The maximum Gasteiger partial charge on any atom is 0.344 e. The molecule has 1 aromatic carbocycles. The van der Waals surface area contributed by atoms with E-state index in [4.69, 9.17) is 9.47 Å². The number of nitrogens with zero attached hydrogens (tertiary/aromatic N) is 1. The molecule has 7 nitrogen and oxygen atoms in total. The van der Waals surface area contributed by atoms with Crippen molar-refractivity contribution in [1.29, 1.82) is 0 Å². The number of carbonyl (C=O) groups is 3. The van der Waals surface area contributed by atoms with E-state index in [0.29, 0.717) is 12.3 Å². The summed E-state index contributed by atoms with van der Waals surface area (Å²) in [4.78, 5) is 36.3. The van der Waals surface area contributed by atoms with Gasteiger partial charge in [-0.15, -0.1) is 0 Å². The summed E-state index contributed by atoms with van der Waals surface area (Å²) >= 11 is 0. The Morgan fingerprint density at radius 3 is 2.52 bits per heavy atom. The number of benzene rings is 1. The second-order valence-corrected chi connectivity index (χ2v) is 5.82. The van der Waals surface area contributed by atoms with Crippen LogP contribution in [-0.4, -0.2) is 56.0 Å². The number of esters is 1. The molecule has 0 aromatic heterocycles. The van der Waals surface area contributed by atoms with E-state index in [9.17, 15) is 14.4 Å². The summed E-state index contributed by atoms with van der Waals surface area (Å²) in [6.07, 6.45) is 0.821. The molecular formula is C18H26N2O5. The lowest BCUT2D eigenvalue weighted by molar-refractivity contribution is -0.153. The molecule has 2 amide bonds. The van der Waals surface area contributed by atoms with Gasteiger partial charge in [0.2, 0.25) is 5.91 Å². The number of rotatable bonds is 9. The Hall–Kier alpha value is -2.57. The molecule has 0 saturated heterocycles. The number of hydrogen-bond acceptors (Lipinski definition) is 5. The van der Waals surface area contributed by atoms with Crippen molar-refractivity contribution in [2.24, 2.45) is 0 Å². The highest BCUT2D eigenvalue weighted by Gasteiger charge is 2.15. The minimum absolute atomic E-state index is 0.0740. The number of likely N-dealkylation sites (N-methyl/N-ethyl adjacent to an activating group) is 1. The molecule has 0 aliphatic heterocycles. The first-order valence-corrected chi connectivity index (χ1v) is 8.19. The third-order valence-corrected chi connectivity index (χ3v) is 3.41. The van der Waals surface area contributed by atoms with E-state index in [-0.39, 0.29) is 19.1 Å². The maximum absolute atomic E-state index is 11.9. The standard InChI is InChI=1S/C18H26N2O5/c1-5-8-19-16(21)10-20(4)17(22)11-25-18(23)12-24-15-7-6-13(2)9-14(15)3/h6-7,9H,5,8,10-12H2,1-4H3,(H,19,21). The van der Waals surface area contributed by atoms with Gasteiger partial charge in [-0.2, -0.15) is 0 Å². The molecule has 0 aliphatic rings. The van der Waals surface area contributed by atoms with Crippen LogP contribution in [-0.2, 0) is 19.1 Å². The van der Waals surface area contributed by atoms with Gasteiger partial charge in [0.25, 0.3) is 5.91 Å². The molecule has 0 spiro atoms. The molecule has 25 heavy (non-hydrogen) atoms. The quantitative estimate of drug-likeness (QED) is 0.677. The molecule has 1 aromatic rings. The normalized spacial score (nSPS) is 10.1. The molecule has 0 aliphatic carbocycles. The molecule has 0 unspecified atom stereocenters. The van der Waals surface area contributed by atoms with E-state index in [2.05, 4.69) is 5.32 Å². The Balaban J connectivity index is 2.32. The van der Waals surface area contributed by atoms with Gasteiger partial charge in [0.1, 0.15) is 5.75 Å². The zero-order valence-corrected chi connectivity index (χ0v) is 15.3. The summed E-state index contributed by atoms with van der Waals surface area (Å²) in [5.74, 6) is -0.746. The fraction of sp³-hybridized carbons (Fsp3) is 0.500. The van der Waals surface area contributed by atoms with E-state index in [1.165, 1.54) is 11.9 Å². The number of carbonyl (C=O) groups excluding carboxylic acids is 3. The van der Waals surface area contributed by atoms with Crippen molar-refractivity contribution < 1.29 is 23.9 Å². The van der Waals surface area contributed by atoms with Crippen LogP contribution in [0.5, 0.6) is 5.75 Å². The molecule has 0 saturated carbocycles. The van der Waals surface area contributed by atoms with Crippen molar-refractivity contribution in [3.63, 3.8) is 0 Å². The smallest absolute Gasteiger partial charge is 0.344 e. The minimum Gasteiger partial charge on any atom is -0.482 e. The first-order chi connectivity index (χ1) is 11.8. The zero-order valence-electron chi connectivity index (χ0n) is 15.3. The predicted octanol–water partition coefficient (Wildman–Crippen LogP) is 1.21. The molecule has 0 radical (unpaired) electrons. The number of nitrogens with one attached hydrogen (secondary N) is 1. The third-order valence-electron chi connectivity index (χ3n) is 3.41. The van der Waals surface area contributed by atoms with Crippen LogP contribution in [0.25, 0.3) is 0 Å². The summed E-state index contributed by atoms with van der Waals surface area (Å²) < 4.78 is 10.3. The van der Waals surface area contributed by atoms with Crippen molar-refractivity contribution in [3.8, 4) is 5.75 Å². The molecule has 7 heteroatoms. The topological polar surface area (TPSA) is 84.9 Å². The first-order valence-electron chi connectivity index (χ1n) is 8.19. The maximum atomic E-state index is 11.9. The van der Waals surface area contributed by atoms with E-state index >= 15 is 0 Å². The Labute approximate surface area is 148 Å². The fourth-order valence-corrected chi connectivity index (χ4v) is 2.02. The lowest BCUT2D eigenvalue weighted by atomic mass is 10.1. The van der Waals surface area contributed by atoms with Gasteiger partial charge in [0, 0.05) is 13.6 Å². The van der Waals surface area contributed by atoms with Gasteiger partial charge >= 0.3 is 5.97 Å². The van der Waals surface area contributed by atoms with Gasteiger partial charge < -0.3 is 19.7 Å². The highest BCUT2D eigenvalue weighted by Crippen LogP contribution is 2.18. The van der Waals surface area contributed by atoms with E-state index in [1.807, 2.05) is 32.9 Å². The van der Waals surface area contributed by atoms with E-state index in [1.54, 1.807) is 6.07 Å². The predicted molar refractivity (Wildman–Crippen MR) is 93.3 cm³/mol. The molecule has 0 atom stereocenters. The third kappa shape index (κ3) is 7.69. The van der Waals surface area contributed by atoms with Crippen molar-refractivity contribution in [3.05, 3.63) is 29.3 Å². The summed E-state index contributed by atoms with van der Waals surface area (Å²) in [5.41, 5.74) is 2.02. The lowest BCUT2D eigenvalue weighted by Crippen LogP contribution is -2.40. The summed E-state index contributed by atoms with van der Waals surface area (Å²) in [7, 11) is 1.48. The van der Waals surface area contributed by atoms with Crippen molar-refractivity contribution in [2.75, 3.05) is 33.4 Å². The molecule has 0 heterocycles. The summed E-state index contributed by atoms with van der Waals surface area (Å²) in [6.45, 7) is 5.58. The number of aryl methyl sites for hydroxylation is 2. The van der Waals surface area contributed by atoms with Gasteiger partial charge in [0.05, 0.1) is 6.54 Å². The van der Waals surface area contributed by atoms with Crippen LogP contribution in [0.15, 0.2) is 18.2 Å². The Morgan fingerprint density at radius 1 is 1.16 bits per heavy atom. The minimum atomic E-state index is -0.642. The van der Waals surface area contributed by atoms with Gasteiger partial charge in [0.15, 0.2) is 13.2 Å². The van der Waals surface area contributed by atoms with Crippen LogP contribution in [0.3, 0.4) is 0 Å². The van der Waals surface area contributed by atoms with Crippen LogP contribution >= 0.6 is 0 Å². The lowest BCUT2D eigenvalue weighted by Gasteiger charge is -2.16. The van der Waals surface area contributed by atoms with Crippen LogP contribution in [0.1, 0.15) is 24.5 Å². The monoisotopic (exact) mass is 350 g/mol. The summed E-state index contributed by atoms with van der Waals surface area (Å²) in [6, 6.07) is 5.62. The van der Waals surface area contributed by atoms with Crippen LogP contribution < -0.4 is 10.1 Å². The first kappa shape index (κ1) is 20.5. The second-order valence-electron chi connectivity index (χ2n) is 5.82. The van der Waals surface area contributed by atoms with E-state index in [0.717, 1.165) is 17.5 Å². The fourth-order valence-electron chi connectivity index (χ4n) is 2.02. The largest absolute Gasteiger partial charge is 0.482 e. The second kappa shape index (κ2) is 10.3. The number of amides is 2. The zero-order chi connectivity index (χ0) is 18.8. The van der Waals surface area contributed by atoms with Gasteiger partial charge in [-0.1, -0.05) is 24.6 Å². The van der Waals surface area contributed by atoms with E-state index < -0.39 is 18.5 Å². The van der Waals surface area contributed by atoms with Crippen molar-refractivity contribution in [1.82, 2.24) is 10.2 Å². The molecule has 1 rings (SSSR count). The highest BCUT2D eigenvalue weighted by molar-refractivity contribution is 5.86. The molecule has 1 N–H and O–H groups in total. The van der Waals surface area contributed by atoms with Crippen molar-refractivity contribution >= 4 is 17.8 Å². The molecule has 0 fully saturated rings.